The fourth-order valence-corrected chi connectivity index (χ4v) is 2.83. The number of aliphatic hydroxyl groups excluding tert-OH is 2. The van der Waals surface area contributed by atoms with Gasteiger partial charge in [0.15, 0.2) is 5.78 Å². The van der Waals surface area contributed by atoms with Gasteiger partial charge in [0.1, 0.15) is 0 Å². The fourth-order valence-electron chi connectivity index (χ4n) is 2.83. The average Bonchev–Trinajstić information content (AvgIpc) is 2.88. The van der Waals surface area contributed by atoms with Gasteiger partial charge < -0.3 is 15.3 Å². The van der Waals surface area contributed by atoms with Crippen molar-refractivity contribution in [3.8, 4) is 0 Å². The summed E-state index contributed by atoms with van der Waals surface area (Å²) in [6, 6.07) is 0. The molecule has 1 aliphatic carbocycles. The Morgan fingerprint density at radius 2 is 2.00 bits per heavy atom. The van der Waals surface area contributed by atoms with E-state index in [-0.39, 0.29) is 30.1 Å². The molecule has 0 aliphatic heterocycles. The van der Waals surface area contributed by atoms with Crippen molar-refractivity contribution in [3.05, 3.63) is 36.5 Å². The molecule has 3 N–H and O–H groups in total. The van der Waals surface area contributed by atoms with Crippen LogP contribution in [0.3, 0.4) is 0 Å². The third-order valence-corrected chi connectivity index (χ3v) is 4.31. The van der Waals surface area contributed by atoms with Gasteiger partial charge in [-0.25, -0.2) is 0 Å². The Bertz CT molecular complexity index is 504. The second-order valence-electron chi connectivity index (χ2n) is 6.67. The van der Waals surface area contributed by atoms with Gasteiger partial charge in [0.05, 0.1) is 12.2 Å². The van der Waals surface area contributed by atoms with E-state index in [9.17, 15) is 19.8 Å². The second kappa shape index (κ2) is 11.8. The molecule has 0 radical (unpaired) electrons. The maximum absolute atomic E-state index is 12.0. The number of allylic oxidation sites excluding steroid dienone is 5. The number of rotatable bonds is 12. The van der Waals surface area contributed by atoms with Gasteiger partial charge >= 0.3 is 5.97 Å². The SMILES string of the molecule is CC(O)CCC[C@H](O)/C=C/[C@H]1C=CC(=O)C1C/C=C\CCCC(=O)O. The van der Waals surface area contributed by atoms with Crippen molar-refractivity contribution in [2.45, 2.75) is 64.1 Å². The Morgan fingerprint density at radius 3 is 2.68 bits per heavy atom. The van der Waals surface area contributed by atoms with E-state index in [1.165, 1.54) is 0 Å². The maximum Gasteiger partial charge on any atom is 0.303 e. The molecular weight excluding hydrogens is 320 g/mol. The average molecular weight is 350 g/mol. The van der Waals surface area contributed by atoms with Crippen LogP contribution in [0.4, 0.5) is 0 Å². The lowest BCUT2D eigenvalue weighted by Gasteiger charge is -2.13. The molecule has 2 unspecified atom stereocenters. The molecule has 0 spiro atoms. The normalized spacial score (nSPS) is 22.9. The molecule has 0 heterocycles. The molecule has 5 nitrogen and oxygen atoms in total. The molecule has 4 atom stereocenters. The smallest absolute Gasteiger partial charge is 0.303 e. The summed E-state index contributed by atoms with van der Waals surface area (Å²) in [5, 5.41) is 27.7. The summed E-state index contributed by atoms with van der Waals surface area (Å²) in [5.74, 6) is -0.853. The van der Waals surface area contributed by atoms with E-state index >= 15 is 0 Å². The van der Waals surface area contributed by atoms with E-state index in [0.29, 0.717) is 32.1 Å². The predicted octanol–water partition coefficient (Wildman–Crippen LogP) is 3.03. The van der Waals surface area contributed by atoms with Crippen LogP contribution < -0.4 is 0 Å². The second-order valence-corrected chi connectivity index (χ2v) is 6.67. The highest BCUT2D eigenvalue weighted by Gasteiger charge is 2.27. The van der Waals surface area contributed by atoms with Crippen LogP contribution in [0.25, 0.3) is 0 Å². The first kappa shape index (κ1) is 21.3. The lowest BCUT2D eigenvalue weighted by atomic mass is 9.90. The van der Waals surface area contributed by atoms with Crippen molar-refractivity contribution in [2.24, 2.45) is 11.8 Å². The van der Waals surface area contributed by atoms with Crippen LogP contribution in [0.2, 0.25) is 0 Å². The molecular formula is C20H30O5. The largest absolute Gasteiger partial charge is 0.481 e. The van der Waals surface area contributed by atoms with E-state index < -0.39 is 12.1 Å². The van der Waals surface area contributed by atoms with Crippen molar-refractivity contribution in [1.82, 2.24) is 0 Å². The lowest BCUT2D eigenvalue weighted by Crippen LogP contribution is -2.14. The molecule has 5 heteroatoms. The van der Waals surface area contributed by atoms with Crippen molar-refractivity contribution in [1.29, 1.82) is 0 Å². The molecule has 25 heavy (non-hydrogen) atoms. The maximum atomic E-state index is 12.0. The Morgan fingerprint density at radius 1 is 1.24 bits per heavy atom. The Labute approximate surface area is 149 Å². The van der Waals surface area contributed by atoms with Crippen LogP contribution in [-0.2, 0) is 9.59 Å². The minimum absolute atomic E-state index is 0.0115. The van der Waals surface area contributed by atoms with E-state index in [1.807, 2.05) is 24.3 Å². The summed E-state index contributed by atoms with van der Waals surface area (Å²) in [6.45, 7) is 1.73. The van der Waals surface area contributed by atoms with Crippen LogP contribution in [0, 0.1) is 11.8 Å². The van der Waals surface area contributed by atoms with Gasteiger partial charge in [0.25, 0.3) is 0 Å². The van der Waals surface area contributed by atoms with Crippen molar-refractivity contribution in [3.63, 3.8) is 0 Å². The summed E-state index contributed by atoms with van der Waals surface area (Å²) >= 11 is 0. The summed E-state index contributed by atoms with van der Waals surface area (Å²) in [6.07, 6.45) is 14.1. The number of hydrogen-bond donors (Lipinski definition) is 3. The van der Waals surface area contributed by atoms with Gasteiger partial charge in [-0.2, -0.15) is 0 Å². The molecule has 0 amide bonds. The van der Waals surface area contributed by atoms with Crippen LogP contribution >= 0.6 is 0 Å². The first-order valence-corrected chi connectivity index (χ1v) is 9.03. The highest BCUT2D eigenvalue weighted by Crippen LogP contribution is 2.27. The Kier molecular flexibility index (Phi) is 10.0. The van der Waals surface area contributed by atoms with Crippen molar-refractivity contribution >= 4 is 11.8 Å². The monoisotopic (exact) mass is 350 g/mol. The molecule has 0 saturated heterocycles. The van der Waals surface area contributed by atoms with Crippen molar-refractivity contribution < 1.29 is 24.9 Å². The molecule has 1 aliphatic rings. The van der Waals surface area contributed by atoms with Gasteiger partial charge in [-0.15, -0.1) is 0 Å². The first-order chi connectivity index (χ1) is 11.9. The highest BCUT2D eigenvalue weighted by atomic mass is 16.4. The van der Waals surface area contributed by atoms with Gasteiger partial charge in [-0.1, -0.05) is 30.4 Å². The van der Waals surface area contributed by atoms with Gasteiger partial charge in [0, 0.05) is 18.3 Å². The zero-order valence-electron chi connectivity index (χ0n) is 14.9. The number of carboxylic acids is 1. The molecule has 0 saturated carbocycles. The summed E-state index contributed by atoms with van der Waals surface area (Å²) in [5.41, 5.74) is 0. The molecule has 1 rings (SSSR count). The number of aliphatic hydroxyl groups is 2. The van der Waals surface area contributed by atoms with E-state index in [0.717, 1.165) is 6.42 Å². The molecule has 0 fully saturated rings. The molecule has 0 aromatic carbocycles. The predicted molar refractivity (Wildman–Crippen MR) is 97.0 cm³/mol. The third-order valence-electron chi connectivity index (χ3n) is 4.31. The number of hydrogen-bond acceptors (Lipinski definition) is 4. The molecule has 0 bridgehead atoms. The zero-order chi connectivity index (χ0) is 18.7. The number of carbonyl (C=O) groups excluding carboxylic acids is 1. The zero-order valence-corrected chi connectivity index (χ0v) is 14.9. The standard InChI is InChI=1S/C20H30O5/c1-15(21)7-6-8-17(22)13-11-16-12-14-19(23)18(16)9-4-2-3-5-10-20(24)25/h2,4,11-18,21-22H,3,5-10H2,1H3,(H,24,25)/b4-2-,13-11+/t15?,16-,17-,18?/m0/s1. The van der Waals surface area contributed by atoms with Crippen LogP contribution in [0.5, 0.6) is 0 Å². The number of ketones is 1. The fraction of sp³-hybridized carbons (Fsp3) is 0.600. The summed E-state index contributed by atoms with van der Waals surface area (Å²) in [4.78, 5) is 22.4. The minimum atomic E-state index is -0.791. The van der Waals surface area contributed by atoms with Crippen molar-refractivity contribution in [2.75, 3.05) is 0 Å². The van der Waals surface area contributed by atoms with Crippen LogP contribution in [0.1, 0.15) is 51.9 Å². The summed E-state index contributed by atoms with van der Waals surface area (Å²) < 4.78 is 0. The third kappa shape index (κ3) is 9.37. The number of carbonyl (C=O) groups is 2. The number of aliphatic carboxylic acids is 1. The number of carboxylic acid groups (broad SMARTS) is 1. The van der Waals surface area contributed by atoms with Crippen LogP contribution in [-0.4, -0.2) is 39.3 Å². The van der Waals surface area contributed by atoms with E-state index in [1.54, 1.807) is 19.1 Å². The molecule has 140 valence electrons. The van der Waals surface area contributed by atoms with Crippen LogP contribution in [0.15, 0.2) is 36.5 Å². The first-order valence-electron chi connectivity index (χ1n) is 9.03. The van der Waals surface area contributed by atoms with Gasteiger partial charge in [-0.05, 0) is 51.5 Å². The Hall–Kier alpha value is -1.72. The highest BCUT2D eigenvalue weighted by molar-refractivity contribution is 5.95. The summed E-state index contributed by atoms with van der Waals surface area (Å²) in [7, 11) is 0. The van der Waals surface area contributed by atoms with E-state index in [4.69, 9.17) is 5.11 Å². The number of unbranched alkanes of at least 4 members (excludes halogenated alkanes) is 1. The molecule has 0 aromatic rings. The molecule has 0 aromatic heterocycles. The Balaban J connectivity index is 2.38. The lowest BCUT2D eigenvalue weighted by molar-refractivity contribution is -0.137. The quantitative estimate of drug-likeness (QED) is 0.371. The van der Waals surface area contributed by atoms with E-state index in [2.05, 4.69) is 0 Å². The van der Waals surface area contributed by atoms with Gasteiger partial charge in [0.2, 0.25) is 0 Å². The topological polar surface area (TPSA) is 94.8 Å². The minimum Gasteiger partial charge on any atom is -0.481 e. The van der Waals surface area contributed by atoms with Gasteiger partial charge in [-0.3, -0.25) is 9.59 Å².